The lowest BCUT2D eigenvalue weighted by Gasteiger charge is -2.34. The number of nitrogens with zero attached hydrogens (tertiary/aromatic N) is 1. The molecule has 2 aliphatic rings. The van der Waals surface area contributed by atoms with E-state index in [0.29, 0.717) is 12.4 Å². The van der Waals surface area contributed by atoms with Crippen LogP contribution in [0.3, 0.4) is 0 Å². The Kier molecular flexibility index (Phi) is 6.39. The molecule has 0 aromatic heterocycles. The van der Waals surface area contributed by atoms with Gasteiger partial charge in [-0.3, -0.25) is 9.69 Å². The summed E-state index contributed by atoms with van der Waals surface area (Å²) in [5.41, 5.74) is 1.87. The molecule has 7 heteroatoms. The Bertz CT molecular complexity index is 952. The molecule has 0 unspecified atom stereocenters. The number of sulfone groups is 1. The molecule has 0 saturated carbocycles. The van der Waals surface area contributed by atoms with Crippen LogP contribution in [0.5, 0.6) is 5.75 Å². The fraction of sp³-hybridized carbons (Fsp3) is 0.435. The highest BCUT2D eigenvalue weighted by molar-refractivity contribution is 7.91. The Morgan fingerprint density at radius 3 is 2.33 bits per heavy atom. The lowest BCUT2D eigenvalue weighted by atomic mass is 9.94. The number of nitrogens with one attached hydrogen (secondary N) is 1. The summed E-state index contributed by atoms with van der Waals surface area (Å²) >= 11 is 0. The van der Waals surface area contributed by atoms with Crippen LogP contribution in [0.1, 0.15) is 24.8 Å². The minimum atomic E-state index is -2.87. The van der Waals surface area contributed by atoms with Gasteiger partial charge in [-0.2, -0.15) is 0 Å². The molecule has 1 amide bonds. The van der Waals surface area contributed by atoms with Crippen molar-refractivity contribution in [3.63, 3.8) is 0 Å². The van der Waals surface area contributed by atoms with E-state index in [4.69, 9.17) is 4.74 Å². The molecule has 1 atom stereocenters. The van der Waals surface area contributed by atoms with Crippen LogP contribution >= 0.6 is 0 Å². The van der Waals surface area contributed by atoms with Crippen molar-refractivity contribution in [1.29, 1.82) is 0 Å². The highest BCUT2D eigenvalue weighted by Crippen LogP contribution is 2.26. The molecule has 2 aromatic rings. The largest absolute Gasteiger partial charge is 0.489 e. The van der Waals surface area contributed by atoms with Crippen molar-refractivity contribution >= 4 is 21.4 Å². The average Bonchev–Trinajstić information content (AvgIpc) is 3.14. The number of ether oxygens (including phenoxy) is 1. The summed E-state index contributed by atoms with van der Waals surface area (Å²) < 4.78 is 29.2. The third kappa shape index (κ3) is 5.40. The molecule has 2 aromatic carbocycles. The second-order valence-electron chi connectivity index (χ2n) is 8.16. The van der Waals surface area contributed by atoms with Gasteiger partial charge in [-0.25, -0.2) is 8.42 Å². The summed E-state index contributed by atoms with van der Waals surface area (Å²) in [5.74, 6) is 1.32. The number of hydrogen-bond acceptors (Lipinski definition) is 5. The molecule has 2 saturated heterocycles. The zero-order chi connectivity index (χ0) is 21.0. The van der Waals surface area contributed by atoms with E-state index in [1.165, 1.54) is 0 Å². The van der Waals surface area contributed by atoms with Gasteiger partial charge in [0, 0.05) is 17.6 Å². The number of carbonyl (C=O) groups excluding carboxylic acids is 1. The van der Waals surface area contributed by atoms with Crippen molar-refractivity contribution in [3.05, 3.63) is 60.2 Å². The van der Waals surface area contributed by atoms with Gasteiger partial charge >= 0.3 is 0 Å². The number of rotatable bonds is 6. The van der Waals surface area contributed by atoms with Crippen LogP contribution in [0, 0.1) is 5.92 Å². The molecular formula is C23H28N2O4S. The molecule has 2 fully saturated rings. The minimum absolute atomic E-state index is 0.0339. The first-order valence-electron chi connectivity index (χ1n) is 10.5. The molecule has 4 rings (SSSR count). The molecule has 0 radical (unpaired) electrons. The number of likely N-dealkylation sites (tertiary alicyclic amines) is 1. The van der Waals surface area contributed by atoms with Crippen LogP contribution in [-0.2, 0) is 21.2 Å². The Labute approximate surface area is 178 Å². The normalized spacial score (nSPS) is 21.9. The molecule has 0 aliphatic carbocycles. The summed E-state index contributed by atoms with van der Waals surface area (Å²) in [4.78, 5) is 14.9. The highest BCUT2D eigenvalue weighted by Gasteiger charge is 2.35. The first-order chi connectivity index (χ1) is 14.5. The van der Waals surface area contributed by atoms with E-state index in [2.05, 4.69) is 10.2 Å². The number of piperidine rings is 1. The second kappa shape index (κ2) is 9.18. The summed E-state index contributed by atoms with van der Waals surface area (Å²) in [6, 6.07) is 17.6. The SMILES string of the molecule is O=C(Nc1ccc(OCc2ccccc2)cc1)C1CCN([C@@H]2CCS(=O)(=O)C2)CC1. The van der Waals surface area contributed by atoms with Gasteiger partial charge in [0.25, 0.3) is 0 Å². The lowest BCUT2D eigenvalue weighted by molar-refractivity contribution is -0.121. The van der Waals surface area contributed by atoms with E-state index in [0.717, 1.165) is 49.4 Å². The first kappa shape index (κ1) is 20.9. The Balaban J connectivity index is 1.23. The second-order valence-corrected chi connectivity index (χ2v) is 10.4. The van der Waals surface area contributed by atoms with Crippen molar-refractivity contribution in [3.8, 4) is 5.75 Å². The maximum absolute atomic E-state index is 12.6. The number of hydrogen-bond donors (Lipinski definition) is 1. The monoisotopic (exact) mass is 428 g/mol. The molecule has 1 N–H and O–H groups in total. The quantitative estimate of drug-likeness (QED) is 0.765. The predicted octanol–water partition coefficient (Wildman–Crippen LogP) is 3.10. The molecule has 0 spiro atoms. The molecule has 6 nitrogen and oxygen atoms in total. The van der Waals surface area contributed by atoms with Crippen molar-refractivity contribution in [2.24, 2.45) is 5.92 Å². The zero-order valence-electron chi connectivity index (χ0n) is 17.0. The summed E-state index contributed by atoms with van der Waals surface area (Å²) in [7, 11) is -2.87. The maximum Gasteiger partial charge on any atom is 0.227 e. The van der Waals surface area contributed by atoms with Gasteiger partial charge < -0.3 is 10.1 Å². The third-order valence-corrected chi connectivity index (χ3v) is 7.75. The number of carbonyl (C=O) groups is 1. The molecule has 0 bridgehead atoms. The van der Waals surface area contributed by atoms with E-state index in [1.807, 2.05) is 54.6 Å². The van der Waals surface area contributed by atoms with E-state index in [1.54, 1.807) is 0 Å². The van der Waals surface area contributed by atoms with E-state index in [-0.39, 0.29) is 23.6 Å². The van der Waals surface area contributed by atoms with E-state index in [9.17, 15) is 13.2 Å². The lowest BCUT2D eigenvalue weighted by Crippen LogP contribution is -2.44. The maximum atomic E-state index is 12.6. The van der Waals surface area contributed by atoms with Gasteiger partial charge in [-0.05, 0) is 62.2 Å². The van der Waals surface area contributed by atoms with Crippen LogP contribution in [0.2, 0.25) is 0 Å². The van der Waals surface area contributed by atoms with Crippen LogP contribution in [-0.4, -0.2) is 49.9 Å². The number of anilines is 1. The minimum Gasteiger partial charge on any atom is -0.489 e. The Morgan fingerprint density at radius 1 is 1.00 bits per heavy atom. The van der Waals surface area contributed by atoms with Crippen molar-refractivity contribution in [1.82, 2.24) is 4.90 Å². The van der Waals surface area contributed by atoms with Crippen molar-refractivity contribution in [2.45, 2.75) is 31.9 Å². The molecule has 30 heavy (non-hydrogen) atoms. The zero-order valence-corrected chi connectivity index (χ0v) is 17.8. The van der Waals surface area contributed by atoms with E-state index < -0.39 is 9.84 Å². The Morgan fingerprint density at radius 2 is 1.70 bits per heavy atom. The van der Waals surface area contributed by atoms with E-state index >= 15 is 0 Å². The van der Waals surface area contributed by atoms with Gasteiger partial charge in [0.2, 0.25) is 5.91 Å². The van der Waals surface area contributed by atoms with Crippen LogP contribution in [0.25, 0.3) is 0 Å². The fourth-order valence-corrected chi connectivity index (χ4v) is 5.97. The van der Waals surface area contributed by atoms with Gasteiger partial charge in [-0.1, -0.05) is 30.3 Å². The van der Waals surface area contributed by atoms with Gasteiger partial charge in [0.05, 0.1) is 11.5 Å². The average molecular weight is 429 g/mol. The molecule has 160 valence electrons. The van der Waals surface area contributed by atoms with Crippen molar-refractivity contribution < 1.29 is 17.9 Å². The van der Waals surface area contributed by atoms with Gasteiger partial charge in [0.1, 0.15) is 12.4 Å². The number of benzene rings is 2. The van der Waals surface area contributed by atoms with Gasteiger partial charge in [-0.15, -0.1) is 0 Å². The fourth-order valence-electron chi connectivity index (χ4n) is 4.21. The van der Waals surface area contributed by atoms with Crippen LogP contribution in [0.15, 0.2) is 54.6 Å². The van der Waals surface area contributed by atoms with Gasteiger partial charge in [0.15, 0.2) is 9.84 Å². The van der Waals surface area contributed by atoms with Crippen LogP contribution in [0.4, 0.5) is 5.69 Å². The summed E-state index contributed by atoms with van der Waals surface area (Å²) in [5, 5.41) is 3.00. The Hall–Kier alpha value is -2.38. The highest BCUT2D eigenvalue weighted by atomic mass is 32.2. The summed E-state index contributed by atoms with van der Waals surface area (Å²) in [6.07, 6.45) is 2.25. The standard InChI is InChI=1S/C23H28N2O4S/c26-23(19-10-13-25(14-11-19)21-12-15-30(27,28)17-21)24-20-6-8-22(9-7-20)29-16-18-4-2-1-3-5-18/h1-9,19,21H,10-17H2,(H,24,26)/t21-/m1/s1. The smallest absolute Gasteiger partial charge is 0.227 e. The summed E-state index contributed by atoms with van der Waals surface area (Å²) in [6.45, 7) is 2.07. The third-order valence-electron chi connectivity index (χ3n) is 6.00. The molecular weight excluding hydrogens is 400 g/mol. The first-order valence-corrected chi connectivity index (χ1v) is 12.3. The molecule has 2 aliphatic heterocycles. The molecule has 2 heterocycles. The topological polar surface area (TPSA) is 75.7 Å². The van der Waals surface area contributed by atoms with Crippen molar-refractivity contribution in [2.75, 3.05) is 29.9 Å². The number of amides is 1. The van der Waals surface area contributed by atoms with Crippen LogP contribution < -0.4 is 10.1 Å². The predicted molar refractivity (Wildman–Crippen MR) is 117 cm³/mol.